The summed E-state index contributed by atoms with van der Waals surface area (Å²) in [6.07, 6.45) is -0.785. The Balaban J connectivity index is 1.81. The molecule has 8 heteroatoms. The van der Waals surface area contributed by atoms with Crippen LogP contribution < -0.4 is 20.3 Å². The van der Waals surface area contributed by atoms with Crippen molar-refractivity contribution in [3.8, 4) is 11.5 Å². The van der Waals surface area contributed by atoms with Crippen LogP contribution in [0.1, 0.15) is 18.1 Å². The topological polar surface area (TPSA) is 76.7 Å². The maximum Gasteiger partial charge on any atom is 0.279 e. The summed E-state index contributed by atoms with van der Waals surface area (Å²) in [4.78, 5) is 24.0. The van der Waals surface area contributed by atoms with Crippen LogP contribution in [0, 0.1) is 13.8 Å². The standard InChI is InChI=1S/C19H20BrClN2O4/c1-11-5-4-6-12(2)18(11)27-13(3)19(25)23-22-17(24)10-26-16-8-7-14(20)9-15(16)21/h4-9,13H,10H2,1-3H3,(H,22,24)(H,23,25). The Labute approximate surface area is 171 Å². The van der Waals surface area contributed by atoms with Crippen LogP contribution in [-0.4, -0.2) is 24.5 Å². The first-order valence-electron chi connectivity index (χ1n) is 8.17. The molecule has 0 spiro atoms. The highest BCUT2D eigenvalue weighted by atomic mass is 79.9. The number of hydrazine groups is 1. The van der Waals surface area contributed by atoms with E-state index < -0.39 is 17.9 Å². The molecule has 2 aromatic rings. The third-order valence-corrected chi connectivity index (χ3v) is 4.44. The van der Waals surface area contributed by atoms with Crippen LogP contribution in [0.5, 0.6) is 11.5 Å². The molecular formula is C19H20BrClN2O4. The lowest BCUT2D eigenvalue weighted by atomic mass is 10.1. The van der Waals surface area contributed by atoms with E-state index in [1.807, 2.05) is 32.0 Å². The van der Waals surface area contributed by atoms with E-state index in [1.165, 1.54) is 0 Å². The van der Waals surface area contributed by atoms with Gasteiger partial charge in [-0.15, -0.1) is 0 Å². The van der Waals surface area contributed by atoms with Gasteiger partial charge in [-0.25, -0.2) is 0 Å². The highest BCUT2D eigenvalue weighted by Gasteiger charge is 2.17. The number of benzene rings is 2. The smallest absolute Gasteiger partial charge is 0.279 e. The predicted molar refractivity (Wildman–Crippen MR) is 107 cm³/mol. The van der Waals surface area contributed by atoms with Gasteiger partial charge in [0.05, 0.1) is 5.02 Å². The molecule has 144 valence electrons. The van der Waals surface area contributed by atoms with Crippen molar-refractivity contribution in [3.63, 3.8) is 0 Å². The second-order valence-corrected chi connectivity index (χ2v) is 7.20. The van der Waals surface area contributed by atoms with E-state index in [9.17, 15) is 9.59 Å². The number of rotatable bonds is 6. The summed E-state index contributed by atoms with van der Waals surface area (Å²) in [6.45, 7) is 5.11. The molecule has 0 aliphatic heterocycles. The number of aryl methyl sites for hydroxylation is 2. The molecule has 2 aromatic carbocycles. The zero-order chi connectivity index (χ0) is 20.0. The van der Waals surface area contributed by atoms with Crippen LogP contribution in [0.25, 0.3) is 0 Å². The minimum Gasteiger partial charge on any atom is -0.482 e. The maximum atomic E-state index is 12.1. The second kappa shape index (κ2) is 9.62. The maximum absolute atomic E-state index is 12.1. The second-order valence-electron chi connectivity index (χ2n) is 5.88. The average molecular weight is 456 g/mol. The Morgan fingerprint density at radius 3 is 2.44 bits per heavy atom. The molecule has 0 saturated heterocycles. The van der Waals surface area contributed by atoms with Gasteiger partial charge in [0.2, 0.25) is 0 Å². The number of halogens is 2. The van der Waals surface area contributed by atoms with Crippen LogP contribution in [0.2, 0.25) is 5.02 Å². The number of carbonyl (C=O) groups excluding carboxylic acids is 2. The molecule has 0 aliphatic carbocycles. The summed E-state index contributed by atoms with van der Waals surface area (Å²) in [5, 5.41) is 0.372. The Bertz CT molecular complexity index is 824. The largest absolute Gasteiger partial charge is 0.482 e. The Hall–Kier alpha value is -2.25. The highest BCUT2D eigenvalue weighted by molar-refractivity contribution is 9.10. The molecule has 2 amide bonds. The normalized spacial score (nSPS) is 11.4. The third kappa shape index (κ3) is 6.15. The molecular weight excluding hydrogens is 436 g/mol. The van der Waals surface area contributed by atoms with Crippen molar-refractivity contribution in [1.29, 1.82) is 0 Å². The average Bonchev–Trinajstić information content (AvgIpc) is 2.62. The van der Waals surface area contributed by atoms with E-state index >= 15 is 0 Å². The summed E-state index contributed by atoms with van der Waals surface area (Å²) in [6, 6.07) is 10.8. The number of carbonyl (C=O) groups is 2. The van der Waals surface area contributed by atoms with Crippen LogP contribution >= 0.6 is 27.5 Å². The minimum atomic E-state index is -0.785. The van der Waals surface area contributed by atoms with Gasteiger partial charge in [0.15, 0.2) is 12.7 Å². The van der Waals surface area contributed by atoms with Crippen LogP contribution in [0.15, 0.2) is 40.9 Å². The van der Waals surface area contributed by atoms with Crippen molar-refractivity contribution in [1.82, 2.24) is 10.9 Å². The monoisotopic (exact) mass is 454 g/mol. The van der Waals surface area contributed by atoms with Crippen LogP contribution in [0.4, 0.5) is 0 Å². The number of hydrogen-bond donors (Lipinski definition) is 2. The van der Waals surface area contributed by atoms with Gasteiger partial charge < -0.3 is 9.47 Å². The predicted octanol–water partition coefficient (Wildman–Crippen LogP) is 3.71. The van der Waals surface area contributed by atoms with Gasteiger partial charge in [0.1, 0.15) is 11.5 Å². The summed E-state index contributed by atoms with van der Waals surface area (Å²) < 4.78 is 11.8. The minimum absolute atomic E-state index is 0.298. The van der Waals surface area contributed by atoms with Crippen molar-refractivity contribution in [2.24, 2.45) is 0 Å². The van der Waals surface area contributed by atoms with Crippen molar-refractivity contribution in [2.75, 3.05) is 6.61 Å². The van der Waals surface area contributed by atoms with Gasteiger partial charge in [0.25, 0.3) is 11.8 Å². The molecule has 0 radical (unpaired) electrons. The Morgan fingerprint density at radius 1 is 1.15 bits per heavy atom. The molecule has 27 heavy (non-hydrogen) atoms. The van der Waals surface area contributed by atoms with Crippen molar-refractivity contribution in [3.05, 3.63) is 57.0 Å². The number of ether oxygens (including phenoxy) is 2. The molecule has 0 heterocycles. The molecule has 1 unspecified atom stereocenters. The zero-order valence-electron chi connectivity index (χ0n) is 15.1. The lowest BCUT2D eigenvalue weighted by Gasteiger charge is -2.18. The fourth-order valence-corrected chi connectivity index (χ4v) is 2.95. The summed E-state index contributed by atoms with van der Waals surface area (Å²) in [5.41, 5.74) is 6.46. The molecule has 2 rings (SSSR count). The van der Waals surface area contributed by atoms with Gasteiger partial charge in [-0.2, -0.15) is 0 Å². The van der Waals surface area contributed by atoms with Crippen molar-refractivity contribution < 1.29 is 19.1 Å². The van der Waals surface area contributed by atoms with Gasteiger partial charge in [-0.05, 0) is 50.1 Å². The summed E-state index contributed by atoms with van der Waals surface area (Å²) in [5.74, 6) is 0.0158. The molecule has 0 fully saturated rings. The molecule has 2 N–H and O–H groups in total. The summed E-state index contributed by atoms with van der Waals surface area (Å²) >= 11 is 9.30. The number of amides is 2. The fraction of sp³-hybridized carbons (Fsp3) is 0.263. The molecule has 0 bridgehead atoms. The first-order chi connectivity index (χ1) is 12.8. The lowest BCUT2D eigenvalue weighted by molar-refractivity contribution is -0.133. The summed E-state index contributed by atoms with van der Waals surface area (Å²) in [7, 11) is 0. The van der Waals surface area contributed by atoms with Gasteiger partial charge in [-0.3, -0.25) is 20.4 Å². The molecule has 6 nitrogen and oxygen atoms in total. The molecule has 0 aliphatic rings. The highest BCUT2D eigenvalue weighted by Crippen LogP contribution is 2.27. The fourth-order valence-electron chi connectivity index (χ4n) is 2.22. The first-order valence-corrected chi connectivity index (χ1v) is 9.34. The van der Waals surface area contributed by atoms with Crippen LogP contribution in [-0.2, 0) is 9.59 Å². The zero-order valence-corrected chi connectivity index (χ0v) is 17.5. The van der Waals surface area contributed by atoms with Crippen molar-refractivity contribution in [2.45, 2.75) is 26.9 Å². The van der Waals surface area contributed by atoms with E-state index in [0.29, 0.717) is 16.5 Å². The number of nitrogens with one attached hydrogen (secondary N) is 2. The van der Waals surface area contributed by atoms with Gasteiger partial charge >= 0.3 is 0 Å². The van der Waals surface area contributed by atoms with E-state index in [4.69, 9.17) is 21.1 Å². The van der Waals surface area contributed by atoms with E-state index in [-0.39, 0.29) is 6.61 Å². The number of para-hydroxylation sites is 1. The molecule has 0 saturated carbocycles. The van der Waals surface area contributed by atoms with E-state index in [1.54, 1.807) is 25.1 Å². The number of hydrogen-bond acceptors (Lipinski definition) is 4. The van der Waals surface area contributed by atoms with E-state index in [2.05, 4.69) is 26.8 Å². The Morgan fingerprint density at radius 2 is 1.81 bits per heavy atom. The van der Waals surface area contributed by atoms with E-state index in [0.717, 1.165) is 15.6 Å². The van der Waals surface area contributed by atoms with Gasteiger partial charge in [-0.1, -0.05) is 45.7 Å². The quantitative estimate of drug-likeness (QED) is 0.651. The third-order valence-electron chi connectivity index (χ3n) is 3.65. The van der Waals surface area contributed by atoms with Gasteiger partial charge in [0, 0.05) is 4.47 Å². The lowest BCUT2D eigenvalue weighted by Crippen LogP contribution is -2.48. The molecule has 0 aromatic heterocycles. The first kappa shape index (κ1) is 21.1. The van der Waals surface area contributed by atoms with Crippen LogP contribution in [0.3, 0.4) is 0 Å². The Kier molecular flexibility index (Phi) is 7.50. The molecule has 1 atom stereocenters. The SMILES string of the molecule is Cc1cccc(C)c1OC(C)C(=O)NNC(=O)COc1ccc(Br)cc1Cl. The van der Waals surface area contributed by atoms with Crippen molar-refractivity contribution >= 4 is 39.3 Å².